The zero-order valence-electron chi connectivity index (χ0n) is 8.36. The molecule has 1 aliphatic rings. The minimum Gasteiger partial charge on any atom is -0.296 e. The number of nitrogens with one attached hydrogen (secondary N) is 1. The molecular formula is C10H11N3O2. The molecule has 0 aliphatic heterocycles. The summed E-state index contributed by atoms with van der Waals surface area (Å²) in [6, 6.07) is 1.83. The third-order valence-electron chi connectivity index (χ3n) is 2.83. The average molecular weight is 205 g/mol. The number of aromatic nitrogens is 2. The Bertz CT molecular complexity index is 531. The Kier molecular flexibility index (Phi) is 2.19. The first-order chi connectivity index (χ1) is 7.13. The van der Waals surface area contributed by atoms with E-state index in [-0.39, 0.29) is 11.6 Å². The van der Waals surface area contributed by atoms with Gasteiger partial charge in [-0.3, -0.25) is 14.3 Å². The number of rotatable bonds is 2. The number of hydrogen-bond acceptors (Lipinski definition) is 3. The fourth-order valence-corrected chi connectivity index (χ4v) is 1.67. The zero-order valence-corrected chi connectivity index (χ0v) is 8.36. The molecule has 1 unspecified atom stereocenters. The molecule has 0 bridgehead atoms. The Morgan fingerprint density at radius 1 is 1.60 bits per heavy atom. The molecule has 5 nitrogen and oxygen atoms in total. The molecular weight excluding hydrogens is 194 g/mol. The van der Waals surface area contributed by atoms with Gasteiger partial charge in [-0.1, -0.05) is 0 Å². The summed E-state index contributed by atoms with van der Waals surface area (Å²) in [7, 11) is 0. The molecule has 1 aromatic heterocycles. The lowest BCUT2D eigenvalue weighted by molar-refractivity contribution is 0.461. The van der Waals surface area contributed by atoms with E-state index in [0.29, 0.717) is 5.92 Å². The van der Waals surface area contributed by atoms with E-state index in [4.69, 9.17) is 5.26 Å². The van der Waals surface area contributed by atoms with Crippen LogP contribution < -0.4 is 11.2 Å². The van der Waals surface area contributed by atoms with Gasteiger partial charge >= 0.3 is 5.69 Å². The first kappa shape index (κ1) is 9.71. The van der Waals surface area contributed by atoms with Crippen molar-refractivity contribution in [3.05, 3.63) is 32.6 Å². The molecule has 1 saturated carbocycles. The van der Waals surface area contributed by atoms with E-state index in [9.17, 15) is 9.59 Å². The maximum absolute atomic E-state index is 11.5. The number of hydrogen-bond donors (Lipinski definition) is 1. The Labute approximate surface area is 86.0 Å². The lowest BCUT2D eigenvalue weighted by atomic mass is 10.2. The highest BCUT2D eigenvalue weighted by Gasteiger charge is 2.29. The first-order valence-electron chi connectivity index (χ1n) is 4.89. The summed E-state index contributed by atoms with van der Waals surface area (Å²) in [5.41, 5.74) is -1.05. The second-order valence-electron chi connectivity index (χ2n) is 3.90. The Morgan fingerprint density at radius 2 is 2.27 bits per heavy atom. The van der Waals surface area contributed by atoms with Gasteiger partial charge in [0.05, 0.1) is 0 Å². The van der Waals surface area contributed by atoms with Crippen molar-refractivity contribution in [3.8, 4) is 6.07 Å². The predicted octanol–water partition coefficient (Wildman–Crippen LogP) is 0.379. The van der Waals surface area contributed by atoms with Crippen LogP contribution in [0, 0.1) is 17.2 Å². The van der Waals surface area contributed by atoms with Gasteiger partial charge in [-0.05, 0) is 25.7 Å². The van der Waals surface area contributed by atoms with Crippen LogP contribution in [-0.4, -0.2) is 9.55 Å². The van der Waals surface area contributed by atoms with Crippen molar-refractivity contribution in [1.82, 2.24) is 9.55 Å². The number of aromatic amines is 1. The molecule has 1 atom stereocenters. The van der Waals surface area contributed by atoms with Gasteiger partial charge in [0.2, 0.25) is 0 Å². The van der Waals surface area contributed by atoms with Gasteiger partial charge in [0.15, 0.2) is 0 Å². The van der Waals surface area contributed by atoms with Crippen LogP contribution in [0.15, 0.2) is 15.8 Å². The molecule has 0 radical (unpaired) electrons. The molecule has 1 aliphatic carbocycles. The number of nitriles is 1. The summed E-state index contributed by atoms with van der Waals surface area (Å²) < 4.78 is 1.44. The SMILES string of the molecule is CC(C1CC1)n1cc(C#N)c(=O)[nH]c1=O. The molecule has 1 N–H and O–H groups in total. The lowest BCUT2D eigenvalue weighted by Gasteiger charge is -2.13. The van der Waals surface area contributed by atoms with Gasteiger partial charge in [0.25, 0.3) is 5.56 Å². The molecule has 1 heterocycles. The van der Waals surface area contributed by atoms with E-state index < -0.39 is 11.2 Å². The van der Waals surface area contributed by atoms with Gasteiger partial charge in [-0.2, -0.15) is 5.26 Å². The lowest BCUT2D eigenvalue weighted by Crippen LogP contribution is -2.33. The highest BCUT2D eigenvalue weighted by atomic mass is 16.2. The molecule has 0 amide bonds. The monoisotopic (exact) mass is 205 g/mol. The van der Waals surface area contributed by atoms with E-state index >= 15 is 0 Å². The number of nitrogens with zero attached hydrogens (tertiary/aromatic N) is 2. The molecule has 78 valence electrons. The minimum absolute atomic E-state index is 0.0119. The number of H-pyrrole nitrogens is 1. The van der Waals surface area contributed by atoms with E-state index in [0.717, 1.165) is 12.8 Å². The molecule has 5 heteroatoms. The Hall–Kier alpha value is -1.83. The average Bonchev–Trinajstić information content (AvgIpc) is 3.00. The van der Waals surface area contributed by atoms with E-state index in [1.54, 1.807) is 6.07 Å². The highest BCUT2D eigenvalue weighted by Crippen LogP contribution is 2.38. The quantitative estimate of drug-likeness (QED) is 0.758. The van der Waals surface area contributed by atoms with Crippen molar-refractivity contribution >= 4 is 0 Å². The van der Waals surface area contributed by atoms with Crippen LogP contribution >= 0.6 is 0 Å². The van der Waals surface area contributed by atoms with Crippen LogP contribution in [-0.2, 0) is 0 Å². The fraction of sp³-hybridized carbons (Fsp3) is 0.500. The van der Waals surface area contributed by atoms with Crippen molar-refractivity contribution < 1.29 is 0 Å². The molecule has 15 heavy (non-hydrogen) atoms. The summed E-state index contributed by atoms with van der Waals surface area (Å²) in [5.74, 6) is 0.500. The molecule has 0 spiro atoms. The molecule has 0 saturated heterocycles. The molecule has 2 rings (SSSR count). The van der Waals surface area contributed by atoms with Crippen molar-refractivity contribution in [2.45, 2.75) is 25.8 Å². The maximum atomic E-state index is 11.5. The van der Waals surface area contributed by atoms with E-state index in [1.165, 1.54) is 10.8 Å². The van der Waals surface area contributed by atoms with Crippen molar-refractivity contribution in [1.29, 1.82) is 5.26 Å². The smallest absolute Gasteiger partial charge is 0.296 e. The topological polar surface area (TPSA) is 78.7 Å². The third-order valence-corrected chi connectivity index (χ3v) is 2.83. The first-order valence-corrected chi connectivity index (χ1v) is 4.89. The van der Waals surface area contributed by atoms with Gasteiger partial charge in [0, 0.05) is 12.2 Å². The maximum Gasteiger partial charge on any atom is 0.328 e. The Balaban J connectivity index is 2.52. The van der Waals surface area contributed by atoms with E-state index in [2.05, 4.69) is 4.98 Å². The van der Waals surface area contributed by atoms with Crippen molar-refractivity contribution in [2.24, 2.45) is 5.92 Å². The minimum atomic E-state index is -0.609. The fourth-order valence-electron chi connectivity index (χ4n) is 1.67. The van der Waals surface area contributed by atoms with Gasteiger partial charge in [0.1, 0.15) is 11.6 Å². The molecule has 0 aromatic carbocycles. The van der Waals surface area contributed by atoms with E-state index in [1.807, 2.05) is 6.92 Å². The zero-order chi connectivity index (χ0) is 11.0. The third kappa shape index (κ3) is 1.71. The Morgan fingerprint density at radius 3 is 2.80 bits per heavy atom. The largest absolute Gasteiger partial charge is 0.328 e. The second kappa shape index (κ2) is 3.39. The summed E-state index contributed by atoms with van der Waals surface area (Å²) in [4.78, 5) is 24.8. The van der Waals surface area contributed by atoms with Gasteiger partial charge in [-0.15, -0.1) is 0 Å². The summed E-state index contributed by atoms with van der Waals surface area (Å²) >= 11 is 0. The van der Waals surface area contributed by atoms with Crippen LogP contribution in [0.4, 0.5) is 0 Å². The summed E-state index contributed by atoms with van der Waals surface area (Å²) in [6.45, 7) is 1.93. The predicted molar refractivity (Wildman–Crippen MR) is 53.5 cm³/mol. The van der Waals surface area contributed by atoms with Crippen LogP contribution in [0.3, 0.4) is 0 Å². The van der Waals surface area contributed by atoms with Crippen molar-refractivity contribution in [3.63, 3.8) is 0 Å². The second-order valence-corrected chi connectivity index (χ2v) is 3.90. The molecule has 1 aromatic rings. The van der Waals surface area contributed by atoms with Crippen LogP contribution in [0.2, 0.25) is 0 Å². The van der Waals surface area contributed by atoms with Crippen LogP contribution in [0.25, 0.3) is 0 Å². The van der Waals surface area contributed by atoms with Gasteiger partial charge in [-0.25, -0.2) is 4.79 Å². The highest BCUT2D eigenvalue weighted by molar-refractivity contribution is 5.22. The van der Waals surface area contributed by atoms with Gasteiger partial charge < -0.3 is 0 Å². The van der Waals surface area contributed by atoms with Crippen molar-refractivity contribution in [2.75, 3.05) is 0 Å². The van der Waals surface area contributed by atoms with Crippen LogP contribution in [0.5, 0.6) is 0 Å². The normalized spacial score (nSPS) is 17.1. The summed E-state index contributed by atoms with van der Waals surface area (Å²) in [5, 5.41) is 8.68. The van der Waals surface area contributed by atoms with Crippen LogP contribution in [0.1, 0.15) is 31.4 Å². The molecule has 1 fully saturated rings. The summed E-state index contributed by atoms with van der Waals surface area (Å²) in [6.07, 6.45) is 3.56. The standard InChI is InChI=1S/C10H11N3O2/c1-6(7-2-3-7)13-5-8(4-11)9(14)12-10(13)15/h5-7H,2-3H2,1H3,(H,12,14,15).